The van der Waals surface area contributed by atoms with Crippen LogP contribution in [0.15, 0.2) is 30.3 Å². The van der Waals surface area contributed by atoms with E-state index in [1.165, 1.54) is 5.56 Å². The first-order valence-electron chi connectivity index (χ1n) is 7.77. The zero-order valence-corrected chi connectivity index (χ0v) is 11.9. The Morgan fingerprint density at radius 2 is 1.95 bits per heavy atom. The monoisotopic (exact) mass is 273 g/mol. The van der Waals surface area contributed by atoms with Gasteiger partial charge in [-0.25, -0.2) is 0 Å². The average molecular weight is 273 g/mol. The van der Waals surface area contributed by atoms with E-state index in [0.29, 0.717) is 6.54 Å². The molecule has 0 unspecified atom stereocenters. The van der Waals surface area contributed by atoms with E-state index in [4.69, 9.17) is 4.74 Å². The predicted molar refractivity (Wildman–Crippen MR) is 78.6 cm³/mol. The molecule has 0 radical (unpaired) electrons. The highest BCUT2D eigenvalue weighted by Gasteiger charge is 2.42. The molecule has 1 aliphatic heterocycles. The maximum Gasteiger partial charge on any atom is 0.230 e. The highest BCUT2D eigenvalue weighted by atomic mass is 16.5. The highest BCUT2D eigenvalue weighted by molar-refractivity contribution is 5.88. The molecule has 3 heteroatoms. The fourth-order valence-corrected chi connectivity index (χ4v) is 3.56. The summed E-state index contributed by atoms with van der Waals surface area (Å²) in [7, 11) is 0. The molecular formula is C17H23NO2. The number of carbonyl (C=O) groups is 1. The Morgan fingerprint density at radius 3 is 2.60 bits per heavy atom. The van der Waals surface area contributed by atoms with Gasteiger partial charge >= 0.3 is 0 Å². The largest absolute Gasteiger partial charge is 0.376 e. The van der Waals surface area contributed by atoms with Crippen LogP contribution in [-0.4, -0.2) is 25.2 Å². The Balaban J connectivity index is 1.71. The molecule has 0 spiro atoms. The molecule has 1 N–H and O–H groups in total. The summed E-state index contributed by atoms with van der Waals surface area (Å²) in [6, 6.07) is 10.3. The van der Waals surface area contributed by atoms with Crippen molar-refractivity contribution in [3.63, 3.8) is 0 Å². The van der Waals surface area contributed by atoms with Gasteiger partial charge in [0.15, 0.2) is 0 Å². The molecule has 3 nitrogen and oxygen atoms in total. The van der Waals surface area contributed by atoms with Crippen LogP contribution in [0.2, 0.25) is 0 Å². The first kappa shape index (κ1) is 13.6. The molecule has 1 saturated carbocycles. The lowest BCUT2D eigenvalue weighted by Crippen LogP contribution is -2.45. The normalized spacial score (nSPS) is 24.7. The third-order valence-electron chi connectivity index (χ3n) is 4.73. The van der Waals surface area contributed by atoms with E-state index in [2.05, 4.69) is 17.4 Å². The van der Waals surface area contributed by atoms with Crippen molar-refractivity contribution in [3.8, 4) is 0 Å². The van der Waals surface area contributed by atoms with Gasteiger partial charge in [-0.2, -0.15) is 0 Å². The van der Waals surface area contributed by atoms with Gasteiger partial charge in [0.05, 0.1) is 11.5 Å². The minimum Gasteiger partial charge on any atom is -0.376 e. The van der Waals surface area contributed by atoms with Gasteiger partial charge in [-0.3, -0.25) is 4.79 Å². The van der Waals surface area contributed by atoms with E-state index < -0.39 is 0 Å². The second-order valence-corrected chi connectivity index (χ2v) is 6.00. The van der Waals surface area contributed by atoms with Crippen LogP contribution in [0.5, 0.6) is 0 Å². The lowest BCUT2D eigenvalue weighted by atomic mass is 9.78. The molecule has 108 valence electrons. The van der Waals surface area contributed by atoms with E-state index in [9.17, 15) is 4.79 Å². The molecule has 1 aliphatic carbocycles. The highest BCUT2D eigenvalue weighted by Crippen LogP contribution is 2.41. The molecule has 0 aromatic heterocycles. The third-order valence-corrected chi connectivity index (χ3v) is 4.73. The third kappa shape index (κ3) is 2.59. The quantitative estimate of drug-likeness (QED) is 0.916. The maximum atomic E-state index is 12.8. The zero-order valence-electron chi connectivity index (χ0n) is 11.9. The first-order chi connectivity index (χ1) is 9.81. The van der Waals surface area contributed by atoms with Crippen LogP contribution in [0.1, 0.15) is 44.1 Å². The Bertz CT molecular complexity index is 445. The van der Waals surface area contributed by atoms with E-state index in [-0.39, 0.29) is 17.4 Å². The zero-order chi connectivity index (χ0) is 13.8. The molecule has 20 heavy (non-hydrogen) atoms. The van der Waals surface area contributed by atoms with Crippen LogP contribution < -0.4 is 5.32 Å². The molecule has 2 fully saturated rings. The molecular weight excluding hydrogens is 250 g/mol. The summed E-state index contributed by atoms with van der Waals surface area (Å²) in [4.78, 5) is 12.8. The summed E-state index contributed by atoms with van der Waals surface area (Å²) in [5.41, 5.74) is 0.863. The van der Waals surface area contributed by atoms with Crippen molar-refractivity contribution in [1.29, 1.82) is 0 Å². The van der Waals surface area contributed by atoms with Crippen LogP contribution in [0, 0.1) is 0 Å². The SMILES string of the molecule is O=C(NC[C@H]1CCCO1)C1(c2ccccc2)CCCC1. The number of hydrogen-bond donors (Lipinski definition) is 1. The van der Waals surface area contributed by atoms with Crippen LogP contribution in [0.3, 0.4) is 0 Å². The number of benzene rings is 1. The van der Waals surface area contributed by atoms with Gasteiger partial charge < -0.3 is 10.1 Å². The molecule has 1 aromatic rings. The van der Waals surface area contributed by atoms with Gasteiger partial charge in [-0.15, -0.1) is 0 Å². The number of ether oxygens (including phenoxy) is 1. The van der Waals surface area contributed by atoms with Crippen molar-refractivity contribution in [2.75, 3.05) is 13.2 Å². The second kappa shape index (κ2) is 5.96. The summed E-state index contributed by atoms with van der Waals surface area (Å²) in [6.45, 7) is 1.50. The predicted octanol–water partition coefficient (Wildman–Crippen LogP) is 2.79. The minimum absolute atomic E-state index is 0.191. The summed E-state index contributed by atoms with van der Waals surface area (Å²) in [6.07, 6.45) is 6.61. The number of nitrogens with one attached hydrogen (secondary N) is 1. The number of hydrogen-bond acceptors (Lipinski definition) is 2. The van der Waals surface area contributed by atoms with E-state index in [0.717, 1.165) is 45.1 Å². The number of carbonyl (C=O) groups excluding carboxylic acids is 1. The number of amides is 1. The van der Waals surface area contributed by atoms with Gasteiger partial charge in [0, 0.05) is 13.2 Å². The Hall–Kier alpha value is -1.35. The van der Waals surface area contributed by atoms with Gasteiger partial charge in [0.25, 0.3) is 0 Å². The summed E-state index contributed by atoms with van der Waals surface area (Å²) in [5.74, 6) is 0.191. The van der Waals surface area contributed by atoms with Gasteiger partial charge in [0.2, 0.25) is 5.91 Å². The van der Waals surface area contributed by atoms with Crippen molar-refractivity contribution >= 4 is 5.91 Å². The van der Waals surface area contributed by atoms with Crippen molar-refractivity contribution in [3.05, 3.63) is 35.9 Å². The van der Waals surface area contributed by atoms with Gasteiger partial charge in [-0.1, -0.05) is 43.2 Å². The molecule has 0 bridgehead atoms. The molecule has 1 heterocycles. The van der Waals surface area contributed by atoms with Gasteiger partial charge in [-0.05, 0) is 31.2 Å². The van der Waals surface area contributed by atoms with Crippen LogP contribution >= 0.6 is 0 Å². The fraction of sp³-hybridized carbons (Fsp3) is 0.588. The molecule has 1 amide bonds. The molecule has 1 aromatic carbocycles. The molecule has 2 aliphatic rings. The minimum atomic E-state index is -0.306. The van der Waals surface area contributed by atoms with Crippen LogP contribution in [0.4, 0.5) is 0 Å². The first-order valence-corrected chi connectivity index (χ1v) is 7.77. The lowest BCUT2D eigenvalue weighted by molar-refractivity contribution is -0.127. The molecule has 3 rings (SSSR count). The van der Waals surface area contributed by atoms with Crippen LogP contribution in [-0.2, 0) is 14.9 Å². The Labute approximate surface area is 120 Å². The van der Waals surface area contributed by atoms with Crippen molar-refractivity contribution in [2.45, 2.75) is 50.0 Å². The van der Waals surface area contributed by atoms with Crippen molar-refractivity contribution in [1.82, 2.24) is 5.32 Å². The van der Waals surface area contributed by atoms with Crippen molar-refractivity contribution < 1.29 is 9.53 Å². The summed E-state index contributed by atoms with van der Waals surface area (Å²) >= 11 is 0. The van der Waals surface area contributed by atoms with E-state index >= 15 is 0 Å². The van der Waals surface area contributed by atoms with Crippen molar-refractivity contribution in [2.24, 2.45) is 0 Å². The summed E-state index contributed by atoms with van der Waals surface area (Å²) in [5, 5.41) is 3.14. The topological polar surface area (TPSA) is 38.3 Å². The summed E-state index contributed by atoms with van der Waals surface area (Å²) < 4.78 is 5.59. The fourth-order valence-electron chi connectivity index (χ4n) is 3.56. The molecule has 1 atom stereocenters. The lowest BCUT2D eigenvalue weighted by Gasteiger charge is -2.29. The standard InChI is InChI=1S/C17H23NO2/c19-16(18-13-15-9-6-12-20-15)17(10-4-5-11-17)14-7-2-1-3-8-14/h1-3,7-8,15H,4-6,9-13H2,(H,18,19)/t15-/m1/s1. The number of rotatable bonds is 4. The second-order valence-electron chi connectivity index (χ2n) is 6.00. The van der Waals surface area contributed by atoms with E-state index in [1.54, 1.807) is 0 Å². The molecule has 1 saturated heterocycles. The smallest absolute Gasteiger partial charge is 0.230 e. The van der Waals surface area contributed by atoms with Crippen LogP contribution in [0.25, 0.3) is 0 Å². The maximum absolute atomic E-state index is 12.8. The Kier molecular flexibility index (Phi) is 4.06. The average Bonchev–Trinajstić information content (AvgIpc) is 3.18. The van der Waals surface area contributed by atoms with E-state index in [1.807, 2.05) is 18.2 Å². The van der Waals surface area contributed by atoms with Gasteiger partial charge in [0.1, 0.15) is 0 Å². The Morgan fingerprint density at radius 1 is 1.20 bits per heavy atom.